The lowest BCUT2D eigenvalue weighted by atomic mass is 10.1. The van der Waals surface area contributed by atoms with Crippen LogP contribution < -0.4 is 15.8 Å². The minimum atomic E-state index is -1.57. The first-order valence-electron chi connectivity index (χ1n) is 10.0. The molecule has 0 heterocycles. The van der Waals surface area contributed by atoms with Crippen LogP contribution in [0.3, 0.4) is 0 Å². The first-order chi connectivity index (χ1) is 15.8. The number of ether oxygens (including phenoxy) is 2. The number of rotatable bonds is 9. The highest BCUT2D eigenvalue weighted by Crippen LogP contribution is 2.33. The van der Waals surface area contributed by atoms with Crippen molar-refractivity contribution in [3.63, 3.8) is 0 Å². The molecule has 0 radical (unpaired) electrons. The van der Waals surface area contributed by atoms with Gasteiger partial charge in [0.1, 0.15) is 23.2 Å². The van der Waals surface area contributed by atoms with E-state index in [1.807, 2.05) is 0 Å². The highest BCUT2D eigenvalue weighted by molar-refractivity contribution is 5.94. The predicted molar refractivity (Wildman–Crippen MR) is 124 cm³/mol. The van der Waals surface area contributed by atoms with Crippen LogP contribution in [-0.4, -0.2) is 18.3 Å². The maximum absolute atomic E-state index is 15.2. The molecular weight excluding hydrogens is 471 g/mol. The molecule has 0 saturated heterocycles. The molecule has 34 heavy (non-hydrogen) atoms. The summed E-state index contributed by atoms with van der Waals surface area (Å²) >= 11 is 0. The molecule has 10 heteroatoms. The van der Waals surface area contributed by atoms with Gasteiger partial charge in [-0.2, -0.15) is 0 Å². The Hall–Kier alpha value is -3.56. The van der Waals surface area contributed by atoms with Crippen molar-refractivity contribution in [3.8, 4) is 11.5 Å². The Balaban J connectivity index is 0.00000408. The maximum atomic E-state index is 15.2. The zero-order valence-corrected chi connectivity index (χ0v) is 18.9. The van der Waals surface area contributed by atoms with Crippen LogP contribution in [0, 0.1) is 22.9 Å². The van der Waals surface area contributed by atoms with Crippen molar-refractivity contribution in [2.75, 3.05) is 6.61 Å². The normalized spacial score (nSPS) is 11.3. The molecule has 0 spiro atoms. The van der Waals surface area contributed by atoms with Gasteiger partial charge in [-0.05, 0) is 48.9 Å². The van der Waals surface area contributed by atoms with E-state index in [4.69, 9.17) is 20.6 Å². The van der Waals surface area contributed by atoms with E-state index in [2.05, 4.69) is 5.32 Å². The van der Waals surface area contributed by atoms with Crippen molar-refractivity contribution >= 4 is 24.1 Å². The van der Waals surface area contributed by atoms with E-state index >= 15 is 4.39 Å². The highest BCUT2D eigenvalue weighted by atomic mass is 35.5. The molecule has 0 aliphatic rings. The van der Waals surface area contributed by atoms with Gasteiger partial charge in [-0.3, -0.25) is 10.2 Å². The van der Waals surface area contributed by atoms with Gasteiger partial charge in [0, 0.05) is 18.7 Å². The number of carbonyl (C=O) groups is 1. The van der Waals surface area contributed by atoms with Crippen LogP contribution in [0.4, 0.5) is 13.2 Å². The minimum absolute atomic E-state index is 0. The van der Waals surface area contributed by atoms with Crippen LogP contribution in [0.5, 0.6) is 11.5 Å². The molecule has 1 amide bonds. The molecular formula is C24H23ClF3N3O3. The number of hydrogen-bond acceptors (Lipinski definition) is 4. The van der Waals surface area contributed by atoms with Crippen LogP contribution in [0.15, 0.2) is 60.7 Å². The fourth-order valence-corrected chi connectivity index (χ4v) is 3.04. The largest absolute Gasteiger partial charge is 0.454 e. The molecule has 180 valence electrons. The SMILES string of the molecule is CCO[C@@H](C(=O)NCc1ccc(C(=N)N)cc1)c1c(F)ccc(Oc2ccc(F)cc2)c1F.Cl. The van der Waals surface area contributed by atoms with Crippen LogP contribution in [-0.2, 0) is 16.1 Å². The lowest BCUT2D eigenvalue weighted by molar-refractivity contribution is -0.133. The summed E-state index contributed by atoms with van der Waals surface area (Å²) in [6.07, 6.45) is -1.57. The van der Waals surface area contributed by atoms with Crippen molar-refractivity contribution in [1.29, 1.82) is 5.41 Å². The zero-order chi connectivity index (χ0) is 24.0. The third-order valence-electron chi connectivity index (χ3n) is 4.70. The third-order valence-corrected chi connectivity index (χ3v) is 4.70. The Labute approximate surface area is 200 Å². The molecule has 0 fully saturated rings. The number of amidine groups is 1. The van der Waals surface area contributed by atoms with Crippen molar-refractivity contribution < 1.29 is 27.4 Å². The summed E-state index contributed by atoms with van der Waals surface area (Å²) in [7, 11) is 0. The van der Waals surface area contributed by atoms with Crippen molar-refractivity contribution in [2.45, 2.75) is 19.6 Å². The van der Waals surface area contributed by atoms with E-state index in [9.17, 15) is 13.6 Å². The highest BCUT2D eigenvalue weighted by Gasteiger charge is 2.30. The summed E-state index contributed by atoms with van der Waals surface area (Å²) in [5.41, 5.74) is 6.04. The number of nitrogens with two attached hydrogens (primary N) is 1. The van der Waals surface area contributed by atoms with Gasteiger partial charge >= 0.3 is 0 Å². The molecule has 1 atom stereocenters. The fourth-order valence-electron chi connectivity index (χ4n) is 3.04. The molecule has 3 aromatic carbocycles. The summed E-state index contributed by atoms with van der Waals surface area (Å²) in [6.45, 7) is 1.68. The molecule has 3 aromatic rings. The van der Waals surface area contributed by atoms with E-state index in [0.29, 0.717) is 11.1 Å². The smallest absolute Gasteiger partial charge is 0.254 e. The molecule has 0 bridgehead atoms. The number of carbonyl (C=O) groups excluding carboxylic acids is 1. The molecule has 3 rings (SSSR count). The van der Waals surface area contributed by atoms with Crippen LogP contribution in [0.1, 0.15) is 29.7 Å². The van der Waals surface area contributed by atoms with Crippen LogP contribution >= 0.6 is 12.4 Å². The maximum Gasteiger partial charge on any atom is 0.254 e. The molecule has 0 saturated carbocycles. The van der Waals surface area contributed by atoms with Crippen LogP contribution in [0.25, 0.3) is 0 Å². The second-order valence-electron chi connectivity index (χ2n) is 6.99. The average Bonchev–Trinajstić information content (AvgIpc) is 2.80. The molecule has 6 nitrogen and oxygen atoms in total. The first kappa shape index (κ1) is 26.7. The molecule has 4 N–H and O–H groups in total. The number of nitrogen functional groups attached to an aromatic ring is 1. The Morgan fingerprint density at radius 1 is 1.03 bits per heavy atom. The standard InChI is InChI=1S/C24H22F3N3O3.ClH/c1-2-32-22(24(31)30-13-14-3-5-15(6-4-14)23(28)29)20-18(26)11-12-19(21(20)27)33-17-9-7-16(25)8-10-17;/h3-12,22H,2,13H2,1H3,(H3,28,29)(H,30,31);1H/t22-;/m1./s1. The summed E-state index contributed by atoms with van der Waals surface area (Å²) in [5.74, 6) is -3.60. The second kappa shape index (κ2) is 12.1. The number of halogens is 4. The number of nitrogens with one attached hydrogen (secondary N) is 2. The Morgan fingerprint density at radius 3 is 2.26 bits per heavy atom. The van der Waals surface area contributed by atoms with Gasteiger partial charge in [0.2, 0.25) is 0 Å². The minimum Gasteiger partial charge on any atom is -0.454 e. The van der Waals surface area contributed by atoms with E-state index in [-0.39, 0.29) is 42.9 Å². The Kier molecular flexibility index (Phi) is 9.47. The van der Waals surface area contributed by atoms with Gasteiger partial charge in [0.25, 0.3) is 5.91 Å². The predicted octanol–water partition coefficient (Wildman–Crippen LogP) is 5.00. The quantitative estimate of drug-likeness (QED) is 0.289. The van der Waals surface area contributed by atoms with E-state index < -0.39 is 35.0 Å². The Morgan fingerprint density at radius 2 is 1.68 bits per heavy atom. The monoisotopic (exact) mass is 493 g/mol. The molecule has 0 unspecified atom stereocenters. The summed E-state index contributed by atoms with van der Waals surface area (Å²) in [5, 5.41) is 10.0. The van der Waals surface area contributed by atoms with Crippen LogP contribution in [0.2, 0.25) is 0 Å². The van der Waals surface area contributed by atoms with E-state index in [1.165, 1.54) is 12.1 Å². The summed E-state index contributed by atoms with van der Waals surface area (Å²) in [4.78, 5) is 12.8. The van der Waals surface area contributed by atoms with Crippen molar-refractivity contribution in [3.05, 3.63) is 94.8 Å². The van der Waals surface area contributed by atoms with Gasteiger partial charge in [-0.25, -0.2) is 13.2 Å². The number of hydrogen-bond donors (Lipinski definition) is 3. The lowest BCUT2D eigenvalue weighted by Crippen LogP contribution is -2.31. The van der Waals surface area contributed by atoms with E-state index in [0.717, 1.165) is 24.3 Å². The summed E-state index contributed by atoms with van der Waals surface area (Å²) < 4.78 is 53.7. The average molecular weight is 494 g/mol. The van der Waals surface area contributed by atoms with Gasteiger partial charge in [0.05, 0.1) is 5.56 Å². The molecule has 0 aliphatic heterocycles. The second-order valence-corrected chi connectivity index (χ2v) is 6.99. The van der Waals surface area contributed by atoms with Gasteiger partial charge in [-0.1, -0.05) is 24.3 Å². The molecule has 0 aliphatic carbocycles. The first-order valence-corrected chi connectivity index (χ1v) is 10.0. The lowest BCUT2D eigenvalue weighted by Gasteiger charge is -2.20. The Bertz CT molecular complexity index is 1140. The fraction of sp³-hybridized carbons (Fsp3) is 0.167. The third kappa shape index (κ3) is 6.49. The zero-order valence-electron chi connectivity index (χ0n) is 18.1. The molecule has 0 aromatic heterocycles. The summed E-state index contributed by atoms with van der Waals surface area (Å²) in [6, 6.07) is 13.5. The number of benzene rings is 3. The van der Waals surface area contributed by atoms with E-state index in [1.54, 1.807) is 31.2 Å². The van der Waals surface area contributed by atoms with Crippen molar-refractivity contribution in [1.82, 2.24) is 5.32 Å². The van der Waals surface area contributed by atoms with Gasteiger partial charge < -0.3 is 20.5 Å². The van der Waals surface area contributed by atoms with Crippen molar-refractivity contribution in [2.24, 2.45) is 5.73 Å². The van der Waals surface area contributed by atoms with Gasteiger partial charge in [0.15, 0.2) is 17.7 Å². The topological polar surface area (TPSA) is 97.4 Å². The van der Waals surface area contributed by atoms with Gasteiger partial charge in [-0.15, -0.1) is 12.4 Å². The number of amides is 1.